The molecule has 0 aliphatic carbocycles. The molecule has 0 radical (unpaired) electrons. The van der Waals surface area contributed by atoms with E-state index in [0.717, 1.165) is 25.7 Å². The van der Waals surface area contributed by atoms with Crippen molar-refractivity contribution in [2.75, 3.05) is 11.5 Å². The lowest BCUT2D eigenvalue weighted by molar-refractivity contribution is -0.0732. The summed E-state index contributed by atoms with van der Waals surface area (Å²) in [6.45, 7) is 4.17. The quantitative estimate of drug-likeness (QED) is 0.559. The van der Waals surface area contributed by atoms with Crippen molar-refractivity contribution in [1.29, 1.82) is 0 Å². The van der Waals surface area contributed by atoms with E-state index >= 15 is 0 Å². The lowest BCUT2D eigenvalue weighted by Gasteiger charge is -2.55. The highest BCUT2D eigenvalue weighted by molar-refractivity contribution is 8.04. The van der Waals surface area contributed by atoms with Crippen molar-refractivity contribution in [2.45, 2.75) is 62.7 Å². The maximum Gasteiger partial charge on any atom is 0.217 e. The van der Waals surface area contributed by atoms with E-state index < -0.39 is 25.9 Å². The fourth-order valence-electron chi connectivity index (χ4n) is 3.32. The number of hydrogen-bond donors (Lipinski definition) is 0. The Balaban J connectivity index is 2.14. The van der Waals surface area contributed by atoms with Crippen LogP contribution in [0, 0.1) is 17.8 Å². The molecule has 3 atom stereocenters. The topological polar surface area (TPSA) is 43.4 Å². The molecule has 0 aromatic heterocycles. The fraction of sp³-hybridized carbons (Fsp3) is 0.867. The zero-order valence-electron chi connectivity index (χ0n) is 12.4. The molecule has 3 rings (SSSR count). The lowest BCUT2D eigenvalue weighted by atomic mass is 9.82. The first-order chi connectivity index (χ1) is 9.50. The minimum atomic E-state index is -1.16. The van der Waals surface area contributed by atoms with Gasteiger partial charge in [0.1, 0.15) is 0 Å². The minimum Gasteiger partial charge on any atom is -0.347 e. The van der Waals surface area contributed by atoms with Crippen molar-refractivity contribution in [2.24, 2.45) is 5.41 Å². The third-order valence-electron chi connectivity index (χ3n) is 4.55. The highest BCUT2D eigenvalue weighted by Crippen LogP contribution is 2.50. The summed E-state index contributed by atoms with van der Waals surface area (Å²) in [5.41, 5.74) is -0.148. The molecule has 20 heavy (non-hydrogen) atoms. The molecule has 114 valence electrons. The number of unbranched alkanes of at least 4 members (excludes halogenated alkanes) is 2. The van der Waals surface area contributed by atoms with Crippen LogP contribution < -0.4 is 0 Å². The van der Waals surface area contributed by atoms with Crippen LogP contribution in [0.15, 0.2) is 0 Å². The molecule has 0 spiro atoms. The minimum absolute atomic E-state index is 0.0467. The lowest BCUT2D eigenvalue weighted by Crippen LogP contribution is -2.66. The van der Waals surface area contributed by atoms with Crippen LogP contribution in [0.25, 0.3) is 0 Å². The van der Waals surface area contributed by atoms with Crippen LogP contribution in [0.3, 0.4) is 0 Å². The van der Waals surface area contributed by atoms with E-state index in [-0.39, 0.29) is 11.5 Å². The first kappa shape index (κ1) is 16.2. The number of rotatable bonds is 6. The summed E-state index contributed by atoms with van der Waals surface area (Å²) in [5.74, 6) is 3.89. The third-order valence-corrected chi connectivity index (χ3v) is 9.33. The molecule has 0 N–H and O–H groups in total. The van der Waals surface area contributed by atoms with Gasteiger partial charge in [0.15, 0.2) is 0 Å². The molecular weight excluding hydrogens is 292 g/mol. The molecule has 5 heteroatoms. The van der Waals surface area contributed by atoms with Crippen LogP contribution >= 0.6 is 0 Å². The Labute approximate surface area is 127 Å². The summed E-state index contributed by atoms with van der Waals surface area (Å²) in [7, 11) is -2.32. The van der Waals surface area contributed by atoms with Gasteiger partial charge in [0, 0.05) is 29.8 Å². The zero-order valence-corrected chi connectivity index (χ0v) is 14.0. The van der Waals surface area contributed by atoms with E-state index in [1.165, 1.54) is 0 Å². The van der Waals surface area contributed by atoms with Gasteiger partial charge in [-0.1, -0.05) is 13.3 Å². The van der Waals surface area contributed by atoms with E-state index in [1.54, 1.807) is 0 Å². The van der Waals surface area contributed by atoms with Gasteiger partial charge < -0.3 is 4.74 Å². The number of fused-ring (bicyclic) bond motifs is 3. The Morgan fingerprint density at radius 3 is 2.45 bits per heavy atom. The van der Waals surface area contributed by atoms with Crippen molar-refractivity contribution < 1.29 is 13.2 Å². The van der Waals surface area contributed by atoms with Gasteiger partial charge in [-0.2, -0.15) is 0 Å². The predicted molar refractivity (Wildman–Crippen MR) is 83.9 cm³/mol. The van der Waals surface area contributed by atoms with Gasteiger partial charge in [-0.25, -0.2) is 0 Å². The van der Waals surface area contributed by atoms with E-state index in [1.807, 2.05) is 0 Å². The molecule has 3 aliphatic heterocycles. The predicted octanol–water partition coefficient (Wildman–Crippen LogP) is 2.55. The second kappa shape index (κ2) is 6.29. The smallest absolute Gasteiger partial charge is 0.217 e. The summed E-state index contributed by atoms with van der Waals surface area (Å²) in [4.78, 5) is 0. The summed E-state index contributed by atoms with van der Waals surface area (Å²) < 4.78 is 30.4. The van der Waals surface area contributed by atoms with Crippen molar-refractivity contribution in [3.63, 3.8) is 0 Å². The van der Waals surface area contributed by atoms with Gasteiger partial charge in [-0.3, -0.25) is 8.42 Å². The summed E-state index contributed by atoms with van der Waals surface area (Å²) in [5, 5.41) is 0. The molecule has 3 fully saturated rings. The standard InChI is InChI=1S/C15H24O3S2/c1-4-6-7-8-10-15-18-13(3)14(9-5-2,11-19(15)16)12-20(15)17/h1,13H,5-12H2,2-3H3. The van der Waals surface area contributed by atoms with Gasteiger partial charge in [0.25, 0.3) is 0 Å². The molecule has 0 amide bonds. The summed E-state index contributed by atoms with van der Waals surface area (Å²) in [6.07, 6.45) is 10.3. The molecule has 3 unspecified atom stereocenters. The first-order valence-electron chi connectivity index (χ1n) is 7.39. The van der Waals surface area contributed by atoms with E-state index in [9.17, 15) is 8.42 Å². The van der Waals surface area contributed by atoms with Crippen LogP contribution in [0.4, 0.5) is 0 Å². The maximum atomic E-state index is 12.6. The number of terminal acetylenes is 1. The molecule has 2 bridgehead atoms. The molecule has 3 heterocycles. The molecule has 0 aromatic carbocycles. The normalized spacial score (nSPS) is 43.4. The van der Waals surface area contributed by atoms with E-state index in [2.05, 4.69) is 19.8 Å². The van der Waals surface area contributed by atoms with Gasteiger partial charge in [-0.15, -0.1) is 12.3 Å². The Bertz CT molecular complexity index is 435. The fourth-order valence-corrected chi connectivity index (χ4v) is 8.33. The second-order valence-electron chi connectivity index (χ2n) is 5.95. The molecule has 3 aliphatic rings. The number of ether oxygens (including phenoxy) is 1. The summed E-state index contributed by atoms with van der Waals surface area (Å²) in [6, 6.07) is 0. The van der Waals surface area contributed by atoms with Crippen molar-refractivity contribution in [3.05, 3.63) is 0 Å². The Kier molecular flexibility index (Phi) is 5.09. The summed E-state index contributed by atoms with van der Waals surface area (Å²) >= 11 is 0. The van der Waals surface area contributed by atoms with Crippen LogP contribution in [-0.4, -0.2) is 30.3 Å². The SMILES string of the molecule is C#CCCCCC12OC(C)C(CCC)(CS1=O)CS2=O. The Morgan fingerprint density at radius 2 is 1.90 bits per heavy atom. The average molecular weight is 316 g/mol. The molecule has 3 nitrogen and oxygen atoms in total. The zero-order chi connectivity index (χ0) is 14.8. The highest BCUT2D eigenvalue weighted by Gasteiger charge is 2.62. The monoisotopic (exact) mass is 316 g/mol. The average Bonchev–Trinajstić information content (AvgIpc) is 2.39. The largest absolute Gasteiger partial charge is 0.347 e. The van der Waals surface area contributed by atoms with Crippen LogP contribution in [0.5, 0.6) is 0 Å². The Hall–Kier alpha value is -0.180. The van der Waals surface area contributed by atoms with Gasteiger partial charge in [0.2, 0.25) is 4.27 Å². The van der Waals surface area contributed by atoms with Crippen LogP contribution in [0.1, 0.15) is 52.4 Å². The van der Waals surface area contributed by atoms with Crippen molar-refractivity contribution in [3.8, 4) is 12.3 Å². The molecule has 0 saturated carbocycles. The number of hydrogen-bond acceptors (Lipinski definition) is 3. The third kappa shape index (κ3) is 2.63. The van der Waals surface area contributed by atoms with Gasteiger partial charge in [-0.05, 0) is 26.2 Å². The maximum absolute atomic E-state index is 12.6. The van der Waals surface area contributed by atoms with Crippen LogP contribution in [0.2, 0.25) is 0 Å². The van der Waals surface area contributed by atoms with Crippen LogP contribution in [-0.2, 0) is 26.3 Å². The van der Waals surface area contributed by atoms with E-state index in [4.69, 9.17) is 11.2 Å². The van der Waals surface area contributed by atoms with Gasteiger partial charge in [0.05, 0.1) is 27.7 Å². The van der Waals surface area contributed by atoms with E-state index in [0.29, 0.717) is 24.3 Å². The van der Waals surface area contributed by atoms with Crippen molar-refractivity contribution in [1.82, 2.24) is 0 Å². The van der Waals surface area contributed by atoms with Crippen molar-refractivity contribution >= 4 is 21.6 Å². The van der Waals surface area contributed by atoms with Gasteiger partial charge >= 0.3 is 0 Å². The molecular formula is C15H24O3S2. The highest BCUT2D eigenvalue weighted by atomic mass is 32.2. The Morgan fingerprint density at radius 1 is 1.25 bits per heavy atom. The second-order valence-corrected chi connectivity index (χ2v) is 9.48. The first-order valence-corrected chi connectivity index (χ1v) is 10.0. The molecule has 3 saturated heterocycles. The molecule has 0 aromatic rings.